The monoisotopic (exact) mass is 607 g/mol. The molecule has 5 rings (SSSR count). The van der Waals surface area contributed by atoms with Crippen molar-refractivity contribution in [3.8, 4) is 0 Å². The summed E-state index contributed by atoms with van der Waals surface area (Å²) in [5.74, 6) is -3.12. The minimum absolute atomic E-state index is 0.0229. The van der Waals surface area contributed by atoms with Gasteiger partial charge >= 0.3 is 0 Å². The Morgan fingerprint density at radius 2 is 1.49 bits per heavy atom. The van der Waals surface area contributed by atoms with Crippen molar-refractivity contribution in [3.63, 3.8) is 0 Å². The van der Waals surface area contributed by atoms with Gasteiger partial charge in [0.25, 0.3) is 0 Å². The van der Waals surface area contributed by atoms with Gasteiger partial charge in [-0.3, -0.25) is 4.79 Å². The number of nitrogens with one attached hydrogen (secondary N) is 2. The number of piperazine rings is 1. The first-order valence-corrected chi connectivity index (χ1v) is 15.5. The highest BCUT2D eigenvalue weighted by Gasteiger charge is 2.35. The molecule has 1 unspecified atom stereocenters. The lowest BCUT2D eigenvalue weighted by Crippen LogP contribution is -2.54. The van der Waals surface area contributed by atoms with E-state index in [-0.39, 0.29) is 29.1 Å². The van der Waals surface area contributed by atoms with Crippen molar-refractivity contribution in [3.05, 3.63) is 131 Å². The number of amides is 1. The fraction of sp³-hybridized carbons (Fsp3) is 0.242. The third-order valence-electron chi connectivity index (χ3n) is 7.83. The molecule has 0 aliphatic carbocycles. The Bertz CT molecular complexity index is 1620. The van der Waals surface area contributed by atoms with Gasteiger partial charge in [0.1, 0.15) is 17.5 Å². The maximum absolute atomic E-state index is 15.4. The Labute approximate surface area is 249 Å². The number of carbonyl (C=O) groups excluding carboxylic acids is 1. The molecule has 4 aromatic rings. The highest BCUT2D eigenvalue weighted by Crippen LogP contribution is 2.34. The first-order valence-electron chi connectivity index (χ1n) is 14.0. The van der Waals surface area contributed by atoms with E-state index >= 15 is 4.39 Å². The Hall–Kier alpha value is -3.99. The molecule has 224 valence electrons. The molecular weight excluding hydrogens is 575 g/mol. The Morgan fingerprint density at radius 1 is 0.884 bits per heavy atom. The summed E-state index contributed by atoms with van der Waals surface area (Å²) in [7, 11) is -3.84. The maximum Gasteiger partial charge on any atom is 0.243 e. The highest BCUT2D eigenvalue weighted by molar-refractivity contribution is 7.89. The number of hydrogen-bond donors (Lipinski definition) is 2. The van der Waals surface area contributed by atoms with Crippen LogP contribution in [0.5, 0.6) is 0 Å². The zero-order valence-electron chi connectivity index (χ0n) is 23.5. The van der Waals surface area contributed by atoms with Crippen LogP contribution in [0.15, 0.2) is 102 Å². The highest BCUT2D eigenvalue weighted by atomic mass is 32.2. The van der Waals surface area contributed by atoms with Crippen LogP contribution in [0.2, 0.25) is 0 Å². The van der Waals surface area contributed by atoms with Gasteiger partial charge in [0, 0.05) is 48.8 Å². The van der Waals surface area contributed by atoms with Gasteiger partial charge in [-0.05, 0) is 66.1 Å². The lowest BCUT2D eigenvalue weighted by molar-refractivity contribution is -0.119. The molecule has 0 spiro atoms. The van der Waals surface area contributed by atoms with Crippen molar-refractivity contribution < 1.29 is 26.4 Å². The summed E-state index contributed by atoms with van der Waals surface area (Å²) in [5, 5.41) is 6.05. The summed E-state index contributed by atoms with van der Waals surface area (Å²) in [5.41, 5.74) is 1.73. The van der Waals surface area contributed by atoms with Gasteiger partial charge in [0.15, 0.2) is 0 Å². The van der Waals surface area contributed by atoms with Gasteiger partial charge in [-0.2, -0.15) is 4.31 Å². The van der Waals surface area contributed by atoms with E-state index in [0.717, 1.165) is 0 Å². The van der Waals surface area contributed by atoms with Crippen LogP contribution in [0, 0.1) is 23.4 Å². The second kappa shape index (κ2) is 13.1. The lowest BCUT2D eigenvalue weighted by Gasteiger charge is -2.35. The van der Waals surface area contributed by atoms with Gasteiger partial charge in [-0.1, -0.05) is 55.5 Å². The predicted octanol–water partition coefficient (Wildman–Crippen LogP) is 5.72. The summed E-state index contributed by atoms with van der Waals surface area (Å²) in [6.07, 6.45) is 0.0229. The van der Waals surface area contributed by atoms with E-state index in [1.54, 1.807) is 55.5 Å². The smallest absolute Gasteiger partial charge is 0.243 e. The minimum Gasteiger partial charge on any atom is -0.325 e. The molecule has 43 heavy (non-hydrogen) atoms. The van der Waals surface area contributed by atoms with E-state index < -0.39 is 51.3 Å². The maximum atomic E-state index is 15.4. The third-order valence-corrected chi connectivity index (χ3v) is 9.80. The van der Waals surface area contributed by atoms with E-state index in [1.165, 1.54) is 52.8 Å². The van der Waals surface area contributed by atoms with E-state index in [9.17, 15) is 22.0 Å². The first kappa shape index (κ1) is 30.5. The van der Waals surface area contributed by atoms with Crippen molar-refractivity contribution in [2.75, 3.05) is 25.0 Å². The topological polar surface area (TPSA) is 78.5 Å². The molecule has 2 atom stereocenters. The van der Waals surface area contributed by atoms with Crippen molar-refractivity contribution >= 4 is 21.6 Å². The van der Waals surface area contributed by atoms with Gasteiger partial charge < -0.3 is 10.6 Å². The molecule has 0 radical (unpaired) electrons. The summed E-state index contributed by atoms with van der Waals surface area (Å²) in [4.78, 5) is 13.9. The zero-order chi connectivity index (χ0) is 30.6. The Kier molecular flexibility index (Phi) is 9.29. The van der Waals surface area contributed by atoms with Crippen LogP contribution >= 0.6 is 0 Å². The van der Waals surface area contributed by atoms with Crippen LogP contribution < -0.4 is 10.6 Å². The molecule has 1 amide bonds. The van der Waals surface area contributed by atoms with Crippen molar-refractivity contribution in [2.45, 2.75) is 30.2 Å². The van der Waals surface area contributed by atoms with Crippen LogP contribution in [0.1, 0.15) is 29.5 Å². The molecule has 6 nitrogen and oxygen atoms in total. The fourth-order valence-corrected chi connectivity index (χ4v) is 7.23. The number of sulfonamides is 1. The average Bonchev–Trinajstić information content (AvgIpc) is 3.01. The van der Waals surface area contributed by atoms with Crippen LogP contribution in [-0.2, 0) is 21.2 Å². The first-order chi connectivity index (χ1) is 20.6. The molecule has 1 fully saturated rings. The summed E-state index contributed by atoms with van der Waals surface area (Å²) in [6.45, 7) is 2.67. The van der Waals surface area contributed by atoms with Crippen LogP contribution in [0.4, 0.5) is 18.9 Å². The van der Waals surface area contributed by atoms with E-state index in [2.05, 4.69) is 10.6 Å². The SMILES string of the molecule is C[C@H](C(=O)Nc1cccc(F)c1CC1CNCCN1S(=O)(=O)c1ccccc1)C(c1ccc(F)cc1)c1ccc(F)cc1. The largest absolute Gasteiger partial charge is 0.325 e. The number of nitrogens with zero attached hydrogens (tertiary/aromatic N) is 1. The minimum atomic E-state index is -3.84. The second-order valence-electron chi connectivity index (χ2n) is 10.6. The number of rotatable bonds is 9. The summed E-state index contributed by atoms with van der Waals surface area (Å²) >= 11 is 0. The average molecular weight is 608 g/mol. The number of carbonyl (C=O) groups is 1. The van der Waals surface area contributed by atoms with Crippen molar-refractivity contribution in [1.29, 1.82) is 0 Å². The lowest BCUT2D eigenvalue weighted by atomic mass is 9.81. The molecule has 10 heteroatoms. The number of halogens is 3. The molecular formula is C33H32F3N3O3S. The van der Waals surface area contributed by atoms with Gasteiger partial charge in [-0.15, -0.1) is 0 Å². The number of anilines is 1. The van der Waals surface area contributed by atoms with Gasteiger partial charge in [-0.25, -0.2) is 21.6 Å². The second-order valence-corrected chi connectivity index (χ2v) is 12.5. The normalized spacial score (nSPS) is 16.6. The van der Waals surface area contributed by atoms with Crippen molar-refractivity contribution in [1.82, 2.24) is 9.62 Å². The molecule has 0 bridgehead atoms. The zero-order valence-corrected chi connectivity index (χ0v) is 24.3. The quantitative estimate of drug-likeness (QED) is 0.255. The number of benzene rings is 4. The fourth-order valence-electron chi connectivity index (χ4n) is 5.59. The molecule has 1 aliphatic heterocycles. The molecule has 0 aromatic heterocycles. The molecule has 4 aromatic carbocycles. The van der Waals surface area contributed by atoms with E-state index in [0.29, 0.717) is 24.2 Å². The van der Waals surface area contributed by atoms with E-state index in [1.807, 2.05) is 0 Å². The molecule has 2 N–H and O–H groups in total. The van der Waals surface area contributed by atoms with Crippen molar-refractivity contribution in [2.24, 2.45) is 5.92 Å². The van der Waals surface area contributed by atoms with Crippen LogP contribution in [0.3, 0.4) is 0 Å². The van der Waals surface area contributed by atoms with Crippen LogP contribution in [-0.4, -0.2) is 44.3 Å². The molecule has 1 heterocycles. The van der Waals surface area contributed by atoms with Crippen LogP contribution in [0.25, 0.3) is 0 Å². The number of hydrogen-bond acceptors (Lipinski definition) is 4. The van der Waals surface area contributed by atoms with E-state index in [4.69, 9.17) is 0 Å². The molecule has 1 saturated heterocycles. The Balaban J connectivity index is 1.42. The molecule has 1 aliphatic rings. The van der Waals surface area contributed by atoms with Gasteiger partial charge in [0.05, 0.1) is 4.90 Å². The Morgan fingerprint density at radius 3 is 2.09 bits per heavy atom. The summed E-state index contributed by atoms with van der Waals surface area (Å²) in [6, 6.07) is 23.4. The molecule has 0 saturated carbocycles. The van der Waals surface area contributed by atoms with Gasteiger partial charge in [0.2, 0.25) is 15.9 Å². The third kappa shape index (κ3) is 6.82. The summed E-state index contributed by atoms with van der Waals surface area (Å²) < 4.78 is 71.2. The predicted molar refractivity (Wildman–Crippen MR) is 160 cm³/mol. The standard InChI is InChI=1S/C33H32F3N3O3S/c1-22(32(23-10-14-25(34)15-11-23)24-12-16-26(35)17-13-24)33(40)38-31-9-5-8-30(36)29(31)20-27-21-37-18-19-39(27)43(41,42)28-6-3-2-4-7-28/h2-17,22,27,32,37H,18-21H2,1H3,(H,38,40)/t22-,27?/m0/s1.